The third-order valence-electron chi connectivity index (χ3n) is 7.24. The van der Waals surface area contributed by atoms with Crippen molar-refractivity contribution in [2.24, 2.45) is 0 Å². The van der Waals surface area contributed by atoms with E-state index in [2.05, 4.69) is 75.9 Å². The van der Waals surface area contributed by atoms with Gasteiger partial charge in [0.25, 0.3) is 0 Å². The van der Waals surface area contributed by atoms with Crippen LogP contribution in [0.2, 0.25) is 0 Å². The molecule has 6 heteroatoms. The van der Waals surface area contributed by atoms with Crippen LogP contribution in [0.5, 0.6) is 0 Å². The van der Waals surface area contributed by atoms with Crippen molar-refractivity contribution in [3.05, 3.63) is 66.1 Å². The summed E-state index contributed by atoms with van der Waals surface area (Å²) in [6.07, 6.45) is 3.65. The second kappa shape index (κ2) is 7.11. The third kappa shape index (κ3) is 2.75. The molecule has 5 heterocycles. The number of nitrogens with one attached hydrogen (secondary N) is 2. The quantitative estimate of drug-likeness (QED) is 0.246. The summed E-state index contributed by atoms with van der Waals surface area (Å²) in [4.78, 5) is 24.4. The Morgan fingerprint density at radius 3 is 2.44 bits per heavy atom. The van der Waals surface area contributed by atoms with Crippen LogP contribution in [0.15, 0.2) is 54.9 Å². The van der Waals surface area contributed by atoms with Gasteiger partial charge in [-0.2, -0.15) is 0 Å². The molecule has 0 amide bonds. The van der Waals surface area contributed by atoms with Crippen molar-refractivity contribution >= 4 is 43.7 Å². The smallest absolute Gasteiger partial charge is 0.140 e. The molecule has 7 rings (SSSR count). The zero-order valence-electron chi connectivity index (χ0n) is 19.6. The number of hydrogen-bond acceptors (Lipinski definition) is 4. The number of likely N-dealkylation sites (N-methyl/N-ethyl adjacent to an activating group) is 1. The van der Waals surface area contributed by atoms with Gasteiger partial charge in [0, 0.05) is 57.9 Å². The third-order valence-corrected chi connectivity index (χ3v) is 7.24. The van der Waals surface area contributed by atoms with Gasteiger partial charge in [-0.15, -0.1) is 0 Å². The van der Waals surface area contributed by atoms with Gasteiger partial charge in [-0.3, -0.25) is 14.9 Å². The van der Waals surface area contributed by atoms with Crippen molar-refractivity contribution < 1.29 is 0 Å². The van der Waals surface area contributed by atoms with Crippen molar-refractivity contribution in [1.82, 2.24) is 29.8 Å². The highest BCUT2D eigenvalue weighted by Gasteiger charge is 2.34. The topological polar surface area (TPSA) is 73.3 Å². The number of fused-ring (bicyclic) bond motifs is 7. The molecule has 2 atom stereocenters. The molecule has 168 valence electrons. The fourth-order valence-electron chi connectivity index (χ4n) is 5.43. The number of imidazole rings is 1. The van der Waals surface area contributed by atoms with Gasteiger partial charge in [-0.1, -0.05) is 26.8 Å². The molecule has 34 heavy (non-hydrogen) atoms. The van der Waals surface area contributed by atoms with E-state index in [1.807, 2.05) is 24.5 Å². The Labute approximate surface area is 197 Å². The molecule has 0 radical (unpaired) electrons. The summed E-state index contributed by atoms with van der Waals surface area (Å²) in [6, 6.07) is 15.5. The molecule has 0 saturated carbocycles. The lowest BCUT2D eigenvalue weighted by Gasteiger charge is -2.06. The Hall–Kier alpha value is -3.77. The van der Waals surface area contributed by atoms with Crippen LogP contribution in [0.4, 0.5) is 0 Å². The predicted molar refractivity (Wildman–Crippen MR) is 138 cm³/mol. The summed E-state index contributed by atoms with van der Waals surface area (Å²) in [5.74, 6) is 1.23. The lowest BCUT2D eigenvalue weighted by molar-refractivity contribution is 0.544. The van der Waals surface area contributed by atoms with E-state index in [-0.39, 0.29) is 0 Å². The van der Waals surface area contributed by atoms with Crippen LogP contribution in [0, 0.1) is 0 Å². The number of pyridine rings is 2. The van der Waals surface area contributed by atoms with Crippen LogP contribution in [0.3, 0.4) is 0 Å². The van der Waals surface area contributed by atoms with Crippen LogP contribution < -0.4 is 0 Å². The molecule has 0 bridgehead atoms. The highest BCUT2D eigenvalue weighted by atomic mass is 15.3. The number of benzene rings is 2. The van der Waals surface area contributed by atoms with Crippen molar-refractivity contribution in [3.8, 4) is 11.4 Å². The van der Waals surface area contributed by atoms with E-state index in [1.54, 1.807) is 0 Å². The Morgan fingerprint density at radius 2 is 1.71 bits per heavy atom. The number of rotatable bonds is 4. The zero-order chi connectivity index (χ0) is 23.0. The Balaban J connectivity index is 1.54. The van der Waals surface area contributed by atoms with Crippen LogP contribution >= 0.6 is 0 Å². The Kier molecular flexibility index (Phi) is 4.12. The monoisotopic (exact) mass is 446 g/mol. The van der Waals surface area contributed by atoms with Crippen LogP contribution in [0.25, 0.3) is 55.1 Å². The molecule has 2 aromatic carbocycles. The minimum Gasteiger partial charge on any atom is -0.358 e. The van der Waals surface area contributed by atoms with Gasteiger partial charge in [-0.05, 0) is 54.4 Å². The largest absolute Gasteiger partial charge is 0.358 e. The number of aromatic nitrogens is 5. The average molecular weight is 447 g/mol. The maximum Gasteiger partial charge on any atom is 0.140 e. The molecule has 1 fully saturated rings. The molecule has 6 aromatic rings. The average Bonchev–Trinajstić information content (AvgIpc) is 3.36. The number of hydrogen-bond donors (Lipinski definition) is 2. The van der Waals surface area contributed by atoms with Crippen LogP contribution in [0.1, 0.15) is 44.0 Å². The molecular formula is C28H26N6. The number of aromatic amines is 2. The Bertz CT molecular complexity index is 1650. The van der Waals surface area contributed by atoms with Crippen molar-refractivity contribution in [2.45, 2.75) is 32.7 Å². The van der Waals surface area contributed by atoms with Gasteiger partial charge in [0.15, 0.2) is 0 Å². The molecule has 6 nitrogen and oxygen atoms in total. The molecule has 0 spiro atoms. The molecule has 1 aliphatic rings. The fraction of sp³-hybridized carbons (Fsp3) is 0.250. The highest BCUT2D eigenvalue weighted by molar-refractivity contribution is 6.21. The standard InChI is InChI=1S/C28H26N6/c1-4-34-14-21(34)16-9-10-20-19(13-16)22(23(31-20)15(2)3)28-32-26-17-7-5-11-29-24(17)25-18(27(26)33-28)8-6-12-30-25/h5-13,15,21,31H,4,14H2,1-3H3,(H,32,33). The van der Waals surface area contributed by atoms with E-state index in [4.69, 9.17) is 4.98 Å². The Morgan fingerprint density at radius 1 is 0.941 bits per heavy atom. The highest BCUT2D eigenvalue weighted by Crippen LogP contribution is 2.41. The maximum absolute atomic E-state index is 5.19. The predicted octanol–water partition coefficient (Wildman–Crippen LogP) is 6.31. The van der Waals surface area contributed by atoms with Crippen molar-refractivity contribution in [3.63, 3.8) is 0 Å². The summed E-state index contributed by atoms with van der Waals surface area (Å²) in [7, 11) is 0. The first kappa shape index (κ1) is 19.7. The summed E-state index contributed by atoms with van der Waals surface area (Å²) in [6.45, 7) is 8.92. The molecule has 2 N–H and O–H groups in total. The lowest BCUT2D eigenvalue weighted by atomic mass is 10.0. The normalized spacial score (nSPS) is 18.1. The number of nitrogens with zero attached hydrogens (tertiary/aromatic N) is 4. The first-order valence-electron chi connectivity index (χ1n) is 12.0. The van der Waals surface area contributed by atoms with E-state index in [0.29, 0.717) is 12.0 Å². The zero-order valence-corrected chi connectivity index (χ0v) is 19.6. The molecule has 0 aliphatic carbocycles. The van der Waals surface area contributed by atoms with Gasteiger partial charge in [0.1, 0.15) is 5.82 Å². The van der Waals surface area contributed by atoms with Gasteiger partial charge < -0.3 is 9.97 Å². The van der Waals surface area contributed by atoms with Gasteiger partial charge in [0.05, 0.1) is 22.1 Å². The second-order valence-electron chi connectivity index (χ2n) is 9.58. The molecule has 4 aromatic heterocycles. The van der Waals surface area contributed by atoms with E-state index < -0.39 is 0 Å². The first-order valence-corrected chi connectivity index (χ1v) is 12.0. The molecule has 1 aliphatic heterocycles. The fourth-order valence-corrected chi connectivity index (χ4v) is 5.43. The van der Waals surface area contributed by atoms with Crippen molar-refractivity contribution in [2.75, 3.05) is 13.1 Å². The van der Waals surface area contributed by atoms with E-state index in [0.717, 1.165) is 57.3 Å². The van der Waals surface area contributed by atoms with E-state index in [9.17, 15) is 0 Å². The molecule has 2 unspecified atom stereocenters. The van der Waals surface area contributed by atoms with Crippen LogP contribution in [-0.2, 0) is 0 Å². The van der Waals surface area contributed by atoms with Gasteiger partial charge in [0.2, 0.25) is 0 Å². The summed E-state index contributed by atoms with van der Waals surface area (Å²) in [5.41, 5.74) is 8.66. The SMILES string of the molecule is CCN1CC1c1ccc2[nH]c(C(C)C)c(-c3nc4c5cccnc5c5ncccc5c4[nH]3)c2c1. The summed E-state index contributed by atoms with van der Waals surface area (Å²) < 4.78 is 0. The summed E-state index contributed by atoms with van der Waals surface area (Å²) >= 11 is 0. The van der Waals surface area contributed by atoms with E-state index >= 15 is 0 Å². The first-order chi connectivity index (χ1) is 16.6. The molecule has 1 saturated heterocycles. The van der Waals surface area contributed by atoms with Crippen molar-refractivity contribution in [1.29, 1.82) is 0 Å². The van der Waals surface area contributed by atoms with E-state index in [1.165, 1.54) is 22.2 Å². The molecular weight excluding hydrogens is 420 g/mol. The lowest BCUT2D eigenvalue weighted by Crippen LogP contribution is -1.95. The minimum atomic E-state index is 0.337. The van der Waals surface area contributed by atoms with Crippen LogP contribution in [-0.4, -0.2) is 42.9 Å². The maximum atomic E-state index is 5.19. The summed E-state index contributed by atoms with van der Waals surface area (Å²) in [5, 5.41) is 3.30. The second-order valence-corrected chi connectivity index (χ2v) is 9.58. The number of H-pyrrole nitrogens is 2. The van der Waals surface area contributed by atoms with Gasteiger partial charge >= 0.3 is 0 Å². The van der Waals surface area contributed by atoms with Gasteiger partial charge in [-0.25, -0.2) is 4.98 Å². The minimum absolute atomic E-state index is 0.337.